The number of nitrogens with zero attached hydrogens (tertiary/aromatic N) is 2. The van der Waals surface area contributed by atoms with Crippen LogP contribution in [0.25, 0.3) is 0 Å². The number of rotatable bonds is 7. The molecule has 0 heterocycles. The molecule has 0 aliphatic heterocycles. The monoisotopic (exact) mass is 281 g/mol. The van der Waals surface area contributed by atoms with Gasteiger partial charge in [-0.3, -0.25) is 4.79 Å². The standard InChI is InChI=1S/C12H15N3O5/c1-13-12(16)11(15-18)10(14-17)7-4-5-8(19-2)9(6-7)20-3/h4-6,10-11H,1-3H3,(H,13,16). The minimum atomic E-state index is -1.43. The molecule has 0 bridgehead atoms. The molecule has 0 aliphatic rings. The molecule has 108 valence electrons. The summed E-state index contributed by atoms with van der Waals surface area (Å²) in [7, 11) is 4.24. The van der Waals surface area contributed by atoms with Gasteiger partial charge in [0.2, 0.25) is 0 Å². The molecule has 1 aromatic carbocycles. The lowest BCUT2D eigenvalue weighted by molar-refractivity contribution is -0.122. The first kappa shape index (κ1) is 15.5. The molecule has 0 aromatic heterocycles. The van der Waals surface area contributed by atoms with Gasteiger partial charge in [-0.15, -0.1) is 4.91 Å². The number of nitrogens with one attached hydrogen (secondary N) is 1. The molecule has 8 heteroatoms. The third kappa shape index (κ3) is 3.08. The van der Waals surface area contributed by atoms with Crippen molar-refractivity contribution in [2.24, 2.45) is 10.4 Å². The van der Waals surface area contributed by atoms with Gasteiger partial charge in [0.25, 0.3) is 5.91 Å². The van der Waals surface area contributed by atoms with Crippen molar-refractivity contribution in [1.29, 1.82) is 0 Å². The molecular weight excluding hydrogens is 266 g/mol. The van der Waals surface area contributed by atoms with E-state index in [1.807, 2.05) is 0 Å². The van der Waals surface area contributed by atoms with Crippen molar-refractivity contribution in [2.45, 2.75) is 12.1 Å². The van der Waals surface area contributed by atoms with E-state index in [0.29, 0.717) is 17.1 Å². The smallest absolute Gasteiger partial charge is 0.250 e. The maximum absolute atomic E-state index is 11.5. The summed E-state index contributed by atoms with van der Waals surface area (Å²) < 4.78 is 10.2. The van der Waals surface area contributed by atoms with Crippen molar-refractivity contribution >= 4 is 5.91 Å². The molecule has 8 nitrogen and oxygen atoms in total. The number of hydrogen-bond donors (Lipinski definition) is 1. The molecule has 1 N–H and O–H groups in total. The van der Waals surface area contributed by atoms with Crippen LogP contribution in [0.5, 0.6) is 11.5 Å². The van der Waals surface area contributed by atoms with E-state index in [2.05, 4.69) is 15.7 Å². The van der Waals surface area contributed by atoms with E-state index in [1.54, 1.807) is 6.07 Å². The van der Waals surface area contributed by atoms with Gasteiger partial charge in [0.15, 0.2) is 23.6 Å². The van der Waals surface area contributed by atoms with Gasteiger partial charge in [-0.25, -0.2) is 0 Å². The Morgan fingerprint density at radius 2 is 1.80 bits per heavy atom. The molecule has 0 fully saturated rings. The Morgan fingerprint density at radius 3 is 2.25 bits per heavy atom. The highest BCUT2D eigenvalue weighted by Crippen LogP contribution is 2.33. The van der Waals surface area contributed by atoms with Crippen LogP contribution in [0.3, 0.4) is 0 Å². The number of hydrogen-bond acceptors (Lipinski definition) is 7. The van der Waals surface area contributed by atoms with Crippen molar-refractivity contribution in [1.82, 2.24) is 5.32 Å². The van der Waals surface area contributed by atoms with Crippen LogP contribution in [-0.4, -0.2) is 33.2 Å². The Balaban J connectivity index is 3.21. The quantitative estimate of drug-likeness (QED) is 0.760. The highest BCUT2D eigenvalue weighted by molar-refractivity contribution is 5.82. The second-order valence-electron chi connectivity index (χ2n) is 3.83. The molecule has 1 rings (SSSR count). The second kappa shape index (κ2) is 7.17. The largest absolute Gasteiger partial charge is 0.493 e. The van der Waals surface area contributed by atoms with Crippen LogP contribution >= 0.6 is 0 Å². The highest BCUT2D eigenvalue weighted by atomic mass is 16.5. The first-order valence-electron chi connectivity index (χ1n) is 5.71. The number of methoxy groups -OCH3 is 2. The molecule has 1 amide bonds. The summed E-state index contributed by atoms with van der Waals surface area (Å²) in [4.78, 5) is 33.3. The lowest BCUT2D eigenvalue weighted by atomic mass is 9.99. The molecule has 0 radical (unpaired) electrons. The predicted octanol–water partition coefficient (Wildman–Crippen LogP) is 1.39. The van der Waals surface area contributed by atoms with E-state index in [4.69, 9.17) is 9.47 Å². The van der Waals surface area contributed by atoms with E-state index < -0.39 is 18.0 Å². The second-order valence-corrected chi connectivity index (χ2v) is 3.83. The fourth-order valence-corrected chi connectivity index (χ4v) is 1.73. The zero-order chi connectivity index (χ0) is 15.1. The van der Waals surface area contributed by atoms with E-state index in [1.165, 1.54) is 33.4 Å². The topological polar surface area (TPSA) is 106 Å². The third-order valence-corrected chi connectivity index (χ3v) is 2.79. The van der Waals surface area contributed by atoms with Crippen molar-refractivity contribution in [2.75, 3.05) is 21.3 Å². The fourth-order valence-electron chi connectivity index (χ4n) is 1.73. The molecule has 1 aromatic rings. The van der Waals surface area contributed by atoms with Crippen LogP contribution < -0.4 is 14.8 Å². The Labute approximate surface area is 115 Å². The molecule has 0 saturated carbocycles. The summed E-state index contributed by atoms with van der Waals surface area (Å²) in [5.41, 5.74) is 0.339. The predicted molar refractivity (Wildman–Crippen MR) is 71.7 cm³/mol. The van der Waals surface area contributed by atoms with Crippen molar-refractivity contribution in [3.05, 3.63) is 33.6 Å². The number of nitroso groups, excluding NO2 is 2. The molecule has 20 heavy (non-hydrogen) atoms. The molecular formula is C12H15N3O5. The lowest BCUT2D eigenvalue weighted by Crippen LogP contribution is -2.34. The van der Waals surface area contributed by atoms with Gasteiger partial charge in [0.1, 0.15) is 0 Å². The maximum Gasteiger partial charge on any atom is 0.250 e. The normalized spacial score (nSPS) is 12.9. The van der Waals surface area contributed by atoms with Crippen LogP contribution in [-0.2, 0) is 4.79 Å². The van der Waals surface area contributed by atoms with Gasteiger partial charge in [0.05, 0.1) is 14.2 Å². The minimum Gasteiger partial charge on any atom is -0.493 e. The summed E-state index contributed by atoms with van der Waals surface area (Å²) in [6.45, 7) is 0. The van der Waals surface area contributed by atoms with Gasteiger partial charge in [-0.1, -0.05) is 16.4 Å². The number of benzene rings is 1. The first-order chi connectivity index (χ1) is 9.62. The zero-order valence-corrected chi connectivity index (χ0v) is 11.3. The van der Waals surface area contributed by atoms with E-state index in [0.717, 1.165) is 0 Å². The molecule has 0 aliphatic carbocycles. The van der Waals surface area contributed by atoms with Gasteiger partial charge < -0.3 is 14.8 Å². The number of amides is 1. The van der Waals surface area contributed by atoms with Crippen LogP contribution in [0, 0.1) is 9.81 Å². The summed E-state index contributed by atoms with van der Waals surface area (Å²) >= 11 is 0. The highest BCUT2D eigenvalue weighted by Gasteiger charge is 2.32. The van der Waals surface area contributed by atoms with Crippen molar-refractivity contribution < 1.29 is 14.3 Å². The zero-order valence-electron chi connectivity index (χ0n) is 11.3. The van der Waals surface area contributed by atoms with Crippen LogP contribution in [0.4, 0.5) is 0 Å². The van der Waals surface area contributed by atoms with E-state index in [9.17, 15) is 14.6 Å². The number of likely N-dealkylation sites (N-methyl/N-ethyl adjacent to an activating group) is 1. The van der Waals surface area contributed by atoms with Gasteiger partial charge in [-0.05, 0) is 17.7 Å². The summed E-state index contributed by atoms with van der Waals surface area (Å²) in [5, 5.41) is 7.77. The summed E-state index contributed by atoms with van der Waals surface area (Å²) in [5.74, 6) is 0.135. The SMILES string of the molecule is CNC(=O)C(N=O)C(N=O)c1ccc(OC)c(OC)c1. The first-order valence-corrected chi connectivity index (χ1v) is 5.71. The van der Waals surface area contributed by atoms with E-state index in [-0.39, 0.29) is 0 Å². The maximum atomic E-state index is 11.5. The Hall–Kier alpha value is -2.51. The Morgan fingerprint density at radius 1 is 1.15 bits per heavy atom. The minimum absolute atomic E-state index is 0.339. The molecule has 0 spiro atoms. The molecule has 2 unspecified atom stereocenters. The van der Waals surface area contributed by atoms with Gasteiger partial charge in [-0.2, -0.15) is 4.91 Å². The number of carbonyl (C=O) groups is 1. The van der Waals surface area contributed by atoms with E-state index >= 15 is 0 Å². The van der Waals surface area contributed by atoms with Gasteiger partial charge >= 0.3 is 0 Å². The lowest BCUT2D eigenvalue weighted by Gasteiger charge is -2.16. The summed E-state index contributed by atoms with van der Waals surface area (Å²) in [6.07, 6.45) is 0. The Bertz CT molecular complexity index is 506. The molecule has 0 saturated heterocycles. The Kier molecular flexibility index (Phi) is 5.57. The number of carbonyl (C=O) groups excluding carboxylic acids is 1. The average Bonchev–Trinajstić information content (AvgIpc) is 2.50. The average molecular weight is 281 g/mol. The molecule has 2 atom stereocenters. The summed E-state index contributed by atoms with van der Waals surface area (Å²) in [6, 6.07) is 1.89. The van der Waals surface area contributed by atoms with Gasteiger partial charge in [0, 0.05) is 7.05 Å². The fraction of sp³-hybridized carbons (Fsp3) is 0.417. The van der Waals surface area contributed by atoms with Crippen molar-refractivity contribution in [3.63, 3.8) is 0 Å². The van der Waals surface area contributed by atoms with Crippen LogP contribution in [0.1, 0.15) is 11.6 Å². The van der Waals surface area contributed by atoms with Crippen LogP contribution in [0.15, 0.2) is 28.6 Å². The van der Waals surface area contributed by atoms with Crippen molar-refractivity contribution in [3.8, 4) is 11.5 Å². The third-order valence-electron chi connectivity index (χ3n) is 2.79. The van der Waals surface area contributed by atoms with Crippen LogP contribution in [0.2, 0.25) is 0 Å². The number of ether oxygens (including phenoxy) is 2.